The van der Waals surface area contributed by atoms with E-state index in [0.29, 0.717) is 17.8 Å². The van der Waals surface area contributed by atoms with Crippen molar-refractivity contribution in [3.8, 4) is 0 Å². The van der Waals surface area contributed by atoms with Gasteiger partial charge in [-0.2, -0.15) is 0 Å². The SMILES string of the molecule is CC(C(=O)NC1C2CC3CC1CC(O)(C3)C2)N1C[C@@H](C)O[C@@H](C)C1. The molecule has 5 fully saturated rings. The van der Waals surface area contributed by atoms with Crippen molar-refractivity contribution in [2.75, 3.05) is 13.1 Å². The second kappa shape index (κ2) is 5.96. The van der Waals surface area contributed by atoms with Crippen LogP contribution in [0.15, 0.2) is 0 Å². The lowest BCUT2D eigenvalue weighted by Crippen LogP contribution is -2.63. The van der Waals surface area contributed by atoms with Crippen LogP contribution in [-0.4, -0.2) is 58.9 Å². The first-order chi connectivity index (χ1) is 11.3. The van der Waals surface area contributed by atoms with Gasteiger partial charge >= 0.3 is 0 Å². The predicted octanol–water partition coefficient (Wildman–Crippen LogP) is 1.54. The molecule has 1 heterocycles. The molecule has 3 unspecified atom stereocenters. The number of aliphatic hydroxyl groups is 1. The summed E-state index contributed by atoms with van der Waals surface area (Å²) < 4.78 is 5.78. The zero-order valence-electron chi connectivity index (χ0n) is 15.2. The fraction of sp³-hybridized carbons (Fsp3) is 0.947. The maximum absolute atomic E-state index is 12.9. The van der Waals surface area contributed by atoms with Gasteiger partial charge in [0.2, 0.25) is 5.91 Å². The molecule has 5 atom stereocenters. The quantitative estimate of drug-likeness (QED) is 0.821. The fourth-order valence-corrected chi connectivity index (χ4v) is 6.20. The summed E-state index contributed by atoms with van der Waals surface area (Å²) in [7, 11) is 0. The Morgan fingerprint density at radius 2 is 1.75 bits per heavy atom. The molecule has 2 N–H and O–H groups in total. The Balaban J connectivity index is 1.39. The van der Waals surface area contributed by atoms with Gasteiger partial charge in [0.05, 0.1) is 23.9 Å². The first kappa shape index (κ1) is 16.8. The van der Waals surface area contributed by atoms with Crippen molar-refractivity contribution in [1.29, 1.82) is 0 Å². The minimum absolute atomic E-state index is 0.112. The number of nitrogens with zero attached hydrogens (tertiary/aromatic N) is 1. The van der Waals surface area contributed by atoms with E-state index in [2.05, 4.69) is 24.1 Å². The number of carbonyl (C=O) groups excluding carboxylic acids is 1. The van der Waals surface area contributed by atoms with E-state index in [4.69, 9.17) is 4.74 Å². The van der Waals surface area contributed by atoms with Gasteiger partial charge in [0.15, 0.2) is 0 Å². The number of ether oxygens (including phenoxy) is 1. The van der Waals surface area contributed by atoms with E-state index in [1.54, 1.807) is 0 Å². The van der Waals surface area contributed by atoms with Crippen molar-refractivity contribution in [1.82, 2.24) is 10.2 Å². The largest absolute Gasteiger partial charge is 0.390 e. The Morgan fingerprint density at radius 3 is 2.29 bits per heavy atom. The highest BCUT2D eigenvalue weighted by molar-refractivity contribution is 5.81. The third-order valence-corrected chi connectivity index (χ3v) is 6.92. The number of hydrogen-bond acceptors (Lipinski definition) is 4. The second-order valence-electron chi connectivity index (χ2n) is 9.12. The standard InChI is InChI=1S/C19H32N2O3/c1-11-9-21(10-12(2)24-11)13(3)18(22)20-17-15-4-14-5-16(17)8-19(23,6-14)7-15/h11-17,23H,4-10H2,1-3H3,(H,20,22)/t11-,12+,13?,14?,15?,16?,17?,19?. The molecule has 1 saturated heterocycles. The van der Waals surface area contributed by atoms with Gasteiger partial charge < -0.3 is 15.2 Å². The highest BCUT2D eigenvalue weighted by atomic mass is 16.5. The molecule has 0 aromatic rings. The lowest BCUT2D eigenvalue weighted by Gasteiger charge is -2.58. The molecule has 5 aliphatic rings. The van der Waals surface area contributed by atoms with Gasteiger partial charge in [-0.1, -0.05) is 0 Å². The summed E-state index contributed by atoms with van der Waals surface area (Å²) in [6.45, 7) is 7.80. The fourth-order valence-electron chi connectivity index (χ4n) is 6.20. The highest BCUT2D eigenvalue weighted by Crippen LogP contribution is 2.55. The molecule has 1 aliphatic heterocycles. The average Bonchev–Trinajstić information content (AvgIpc) is 2.47. The molecule has 0 aromatic carbocycles. The lowest BCUT2D eigenvalue weighted by atomic mass is 9.52. The molecule has 136 valence electrons. The Kier molecular flexibility index (Phi) is 4.17. The summed E-state index contributed by atoms with van der Waals surface area (Å²) >= 11 is 0. The first-order valence-corrected chi connectivity index (χ1v) is 9.75. The topological polar surface area (TPSA) is 61.8 Å². The van der Waals surface area contributed by atoms with Crippen LogP contribution in [0.4, 0.5) is 0 Å². The minimum Gasteiger partial charge on any atom is -0.390 e. The van der Waals surface area contributed by atoms with Crippen molar-refractivity contribution in [3.63, 3.8) is 0 Å². The molecule has 5 nitrogen and oxygen atoms in total. The Morgan fingerprint density at radius 1 is 1.17 bits per heavy atom. The number of rotatable bonds is 3. The van der Waals surface area contributed by atoms with Crippen LogP contribution in [0.25, 0.3) is 0 Å². The molecule has 0 aromatic heterocycles. The van der Waals surface area contributed by atoms with E-state index in [1.807, 2.05) is 6.92 Å². The molecule has 1 amide bonds. The van der Waals surface area contributed by atoms with Crippen molar-refractivity contribution in [3.05, 3.63) is 0 Å². The Labute approximate surface area is 145 Å². The summed E-state index contributed by atoms with van der Waals surface area (Å²) in [5.74, 6) is 1.78. The normalized spacial score (nSPS) is 49.2. The van der Waals surface area contributed by atoms with Crippen LogP contribution < -0.4 is 5.32 Å². The van der Waals surface area contributed by atoms with E-state index in [0.717, 1.165) is 32.4 Å². The lowest BCUT2D eigenvalue weighted by molar-refractivity contribution is -0.150. The van der Waals surface area contributed by atoms with Gasteiger partial charge in [0.25, 0.3) is 0 Å². The van der Waals surface area contributed by atoms with Gasteiger partial charge in [-0.25, -0.2) is 0 Å². The zero-order chi connectivity index (χ0) is 17.1. The summed E-state index contributed by atoms with van der Waals surface area (Å²) in [6, 6.07) is 0.159. The third kappa shape index (κ3) is 2.99. The molecule has 24 heavy (non-hydrogen) atoms. The van der Waals surface area contributed by atoms with Crippen molar-refractivity contribution >= 4 is 5.91 Å². The third-order valence-electron chi connectivity index (χ3n) is 6.92. The molecule has 0 radical (unpaired) electrons. The number of hydrogen-bond donors (Lipinski definition) is 2. The van der Waals surface area contributed by atoms with Crippen LogP contribution in [0.2, 0.25) is 0 Å². The first-order valence-electron chi connectivity index (χ1n) is 9.75. The maximum Gasteiger partial charge on any atom is 0.237 e. The smallest absolute Gasteiger partial charge is 0.237 e. The molecule has 4 aliphatic carbocycles. The van der Waals surface area contributed by atoms with Gasteiger partial charge in [-0.15, -0.1) is 0 Å². The highest BCUT2D eigenvalue weighted by Gasteiger charge is 2.55. The van der Waals surface area contributed by atoms with Crippen molar-refractivity contribution in [2.24, 2.45) is 17.8 Å². The summed E-state index contributed by atoms with van der Waals surface area (Å²) in [4.78, 5) is 15.1. The molecule has 5 heteroatoms. The van der Waals surface area contributed by atoms with Crippen LogP contribution in [0.3, 0.4) is 0 Å². The van der Waals surface area contributed by atoms with Crippen LogP contribution in [0.5, 0.6) is 0 Å². The van der Waals surface area contributed by atoms with Crippen LogP contribution in [-0.2, 0) is 9.53 Å². The second-order valence-corrected chi connectivity index (χ2v) is 9.12. The molecule has 4 saturated carbocycles. The minimum atomic E-state index is -0.432. The molecule has 0 spiro atoms. The number of amides is 1. The molecular formula is C19H32N2O3. The van der Waals surface area contributed by atoms with Gasteiger partial charge in [0, 0.05) is 19.1 Å². The van der Waals surface area contributed by atoms with E-state index in [-0.39, 0.29) is 30.2 Å². The van der Waals surface area contributed by atoms with Crippen molar-refractivity contribution in [2.45, 2.75) is 82.8 Å². The summed E-state index contributed by atoms with van der Waals surface area (Å²) in [6.07, 6.45) is 5.48. The Bertz CT molecular complexity index is 485. The monoisotopic (exact) mass is 336 g/mol. The molecular weight excluding hydrogens is 304 g/mol. The maximum atomic E-state index is 12.9. The summed E-state index contributed by atoms with van der Waals surface area (Å²) in [5, 5.41) is 14.1. The van der Waals surface area contributed by atoms with E-state index in [9.17, 15) is 9.90 Å². The Hall–Kier alpha value is -0.650. The van der Waals surface area contributed by atoms with Gasteiger partial charge in [0.1, 0.15) is 0 Å². The van der Waals surface area contributed by atoms with E-state index < -0.39 is 5.60 Å². The zero-order valence-corrected chi connectivity index (χ0v) is 15.2. The van der Waals surface area contributed by atoms with Crippen molar-refractivity contribution < 1.29 is 14.6 Å². The van der Waals surface area contributed by atoms with E-state index >= 15 is 0 Å². The van der Waals surface area contributed by atoms with Gasteiger partial charge in [-0.3, -0.25) is 9.69 Å². The summed E-state index contributed by atoms with van der Waals surface area (Å²) in [5.41, 5.74) is -0.432. The van der Waals surface area contributed by atoms with Crippen LogP contribution in [0, 0.1) is 17.8 Å². The average molecular weight is 336 g/mol. The molecule has 5 rings (SSSR count). The number of carbonyl (C=O) groups is 1. The van der Waals surface area contributed by atoms with E-state index in [1.165, 1.54) is 12.8 Å². The predicted molar refractivity (Wildman–Crippen MR) is 91.5 cm³/mol. The molecule has 4 bridgehead atoms. The number of morpholine rings is 1. The van der Waals surface area contributed by atoms with Crippen LogP contribution in [0.1, 0.15) is 52.9 Å². The van der Waals surface area contributed by atoms with Crippen LogP contribution >= 0.6 is 0 Å². The van der Waals surface area contributed by atoms with Gasteiger partial charge in [-0.05, 0) is 70.6 Å². The number of nitrogens with one attached hydrogen (secondary N) is 1.